The van der Waals surface area contributed by atoms with E-state index in [9.17, 15) is 19.2 Å². The molecule has 0 aliphatic carbocycles. The van der Waals surface area contributed by atoms with E-state index in [0.29, 0.717) is 6.42 Å². The molecule has 0 heterocycles. The summed E-state index contributed by atoms with van der Waals surface area (Å²) in [5.41, 5.74) is 0. The van der Waals surface area contributed by atoms with E-state index in [0.717, 1.165) is 0 Å². The number of hydrogen-bond acceptors (Lipinski definition) is 12. The van der Waals surface area contributed by atoms with Gasteiger partial charge in [0.2, 0.25) is 6.10 Å². The van der Waals surface area contributed by atoms with Gasteiger partial charge in [0.1, 0.15) is 0 Å². The van der Waals surface area contributed by atoms with Crippen LogP contribution in [0, 0.1) is 0 Å². The highest BCUT2D eigenvalue weighted by atomic mass is 32.1. The summed E-state index contributed by atoms with van der Waals surface area (Å²) in [6.45, 7) is 1.77. The lowest BCUT2D eigenvalue weighted by Crippen LogP contribution is -2.55. The van der Waals surface area contributed by atoms with Gasteiger partial charge in [0.05, 0.1) is 25.7 Å². The van der Waals surface area contributed by atoms with Crippen molar-refractivity contribution in [3.8, 4) is 0 Å². The van der Waals surface area contributed by atoms with E-state index in [1.165, 1.54) is 0 Å². The van der Waals surface area contributed by atoms with E-state index >= 15 is 0 Å². The third-order valence-corrected chi connectivity index (χ3v) is 4.15. The summed E-state index contributed by atoms with van der Waals surface area (Å²) < 4.78 is 21.2. The molecule has 0 bridgehead atoms. The largest absolute Gasteiger partial charge is 0.463 e. The number of ether oxygens (including phenoxy) is 4. The maximum absolute atomic E-state index is 12.2. The van der Waals surface area contributed by atoms with E-state index in [4.69, 9.17) is 18.9 Å². The van der Waals surface area contributed by atoms with Crippen molar-refractivity contribution in [1.29, 1.82) is 0 Å². The molecular formula is C17H28O8S4. The van der Waals surface area contributed by atoms with Crippen LogP contribution in [-0.2, 0) is 38.1 Å². The number of carbonyl (C=O) groups is 4. The minimum Gasteiger partial charge on any atom is -0.449 e. The molecule has 1 atom stereocenters. The fourth-order valence-electron chi connectivity index (χ4n) is 2.04. The van der Waals surface area contributed by atoms with Crippen molar-refractivity contribution in [3.63, 3.8) is 0 Å². The smallest absolute Gasteiger partial charge is 0.449 e. The SMILES string of the molecule is CCCC(OC(=O)CCS)C(OC(=O)CCS)(OC(=O)CCS)OC(=O)CCS. The van der Waals surface area contributed by atoms with E-state index in [1.54, 1.807) is 6.92 Å². The Balaban J connectivity index is 6.11. The Morgan fingerprint density at radius 3 is 1.34 bits per heavy atom. The molecular weight excluding hydrogens is 460 g/mol. The fourth-order valence-corrected chi connectivity index (χ4v) is 2.77. The topological polar surface area (TPSA) is 105 Å². The molecule has 0 aliphatic rings. The second-order valence-corrected chi connectivity index (χ2v) is 7.48. The van der Waals surface area contributed by atoms with Crippen LogP contribution in [0.2, 0.25) is 0 Å². The molecule has 0 saturated heterocycles. The van der Waals surface area contributed by atoms with Gasteiger partial charge in [0.15, 0.2) is 0 Å². The lowest BCUT2D eigenvalue weighted by molar-refractivity contribution is -0.364. The molecule has 168 valence electrons. The van der Waals surface area contributed by atoms with Crippen molar-refractivity contribution in [2.45, 2.75) is 57.5 Å². The van der Waals surface area contributed by atoms with Crippen molar-refractivity contribution >= 4 is 74.4 Å². The first-order valence-electron chi connectivity index (χ1n) is 9.06. The molecule has 12 heteroatoms. The number of rotatable bonds is 15. The van der Waals surface area contributed by atoms with Gasteiger partial charge in [-0.25, -0.2) is 0 Å². The minimum atomic E-state index is -2.55. The van der Waals surface area contributed by atoms with Crippen LogP contribution in [0.5, 0.6) is 0 Å². The van der Waals surface area contributed by atoms with Crippen molar-refractivity contribution in [1.82, 2.24) is 0 Å². The molecule has 8 nitrogen and oxygen atoms in total. The molecule has 0 aromatic heterocycles. The summed E-state index contributed by atoms with van der Waals surface area (Å²) in [4.78, 5) is 48.7. The molecule has 0 amide bonds. The summed E-state index contributed by atoms with van der Waals surface area (Å²) in [7, 11) is 0. The number of hydrogen-bond donors (Lipinski definition) is 4. The maximum Gasteiger partial charge on any atom is 0.463 e. The molecule has 0 spiro atoms. The van der Waals surface area contributed by atoms with Crippen LogP contribution in [0.3, 0.4) is 0 Å². The molecule has 0 saturated carbocycles. The molecule has 0 fully saturated rings. The Morgan fingerprint density at radius 1 is 0.690 bits per heavy atom. The molecule has 0 aromatic rings. The number of carbonyl (C=O) groups excluding carboxylic acids is 4. The van der Waals surface area contributed by atoms with Gasteiger partial charge in [-0.1, -0.05) is 13.3 Å². The third-order valence-electron chi connectivity index (χ3n) is 3.25. The van der Waals surface area contributed by atoms with E-state index < -0.39 is 36.0 Å². The fraction of sp³-hybridized carbons (Fsp3) is 0.765. The molecule has 1 unspecified atom stereocenters. The first kappa shape index (κ1) is 28.3. The molecule has 0 N–H and O–H groups in total. The highest BCUT2D eigenvalue weighted by Crippen LogP contribution is 2.29. The Labute approximate surface area is 192 Å². The van der Waals surface area contributed by atoms with Gasteiger partial charge in [-0.3, -0.25) is 19.2 Å². The summed E-state index contributed by atoms with van der Waals surface area (Å²) in [5.74, 6) is -5.13. The maximum atomic E-state index is 12.2. The molecule has 0 aliphatic heterocycles. The summed E-state index contributed by atoms with van der Waals surface area (Å²) in [5, 5.41) is 0. The van der Waals surface area contributed by atoms with Crippen LogP contribution in [-0.4, -0.2) is 59.0 Å². The van der Waals surface area contributed by atoms with Crippen LogP contribution in [0.1, 0.15) is 45.4 Å². The molecule has 29 heavy (non-hydrogen) atoms. The normalized spacial score (nSPS) is 12.0. The number of esters is 4. The van der Waals surface area contributed by atoms with Crippen molar-refractivity contribution in [3.05, 3.63) is 0 Å². The zero-order valence-corrected chi connectivity index (χ0v) is 19.8. The first-order chi connectivity index (χ1) is 13.8. The Morgan fingerprint density at radius 2 is 1.03 bits per heavy atom. The van der Waals surface area contributed by atoms with E-state index in [2.05, 4.69) is 50.5 Å². The van der Waals surface area contributed by atoms with Crippen molar-refractivity contribution < 1.29 is 38.1 Å². The van der Waals surface area contributed by atoms with Gasteiger partial charge in [-0.05, 0) is 6.42 Å². The summed E-state index contributed by atoms with van der Waals surface area (Å²) in [6.07, 6.45) is -1.32. The van der Waals surface area contributed by atoms with Crippen molar-refractivity contribution in [2.75, 3.05) is 23.0 Å². The Bertz CT molecular complexity index is 493. The Hall–Kier alpha value is -0.720. The van der Waals surface area contributed by atoms with Gasteiger partial charge in [-0.2, -0.15) is 50.5 Å². The van der Waals surface area contributed by atoms with Gasteiger partial charge < -0.3 is 18.9 Å². The van der Waals surface area contributed by atoms with Crippen LogP contribution in [0.15, 0.2) is 0 Å². The van der Waals surface area contributed by atoms with Gasteiger partial charge >= 0.3 is 29.9 Å². The summed E-state index contributed by atoms with van der Waals surface area (Å²) >= 11 is 15.9. The zero-order chi connectivity index (χ0) is 22.3. The lowest BCUT2D eigenvalue weighted by atomic mass is 10.1. The predicted molar refractivity (Wildman–Crippen MR) is 120 cm³/mol. The quantitative estimate of drug-likeness (QED) is 0.158. The highest BCUT2D eigenvalue weighted by Gasteiger charge is 2.53. The average Bonchev–Trinajstić information content (AvgIpc) is 2.61. The summed E-state index contributed by atoms with van der Waals surface area (Å²) in [6, 6.07) is 0. The van der Waals surface area contributed by atoms with Crippen molar-refractivity contribution in [2.24, 2.45) is 0 Å². The standard InChI is InChI=1S/C17H28O8S4/c1-2-3-12(22-13(18)4-8-26)17(23-14(19)5-9-27,24-15(20)6-10-28)25-16(21)7-11-29/h12,26-29H,2-11H2,1H3. The lowest BCUT2D eigenvalue weighted by Gasteiger charge is -2.36. The second-order valence-electron chi connectivity index (χ2n) is 5.69. The number of thiol groups is 4. The van der Waals surface area contributed by atoms with Gasteiger partial charge in [-0.15, -0.1) is 0 Å². The van der Waals surface area contributed by atoms with Crippen LogP contribution in [0.25, 0.3) is 0 Å². The van der Waals surface area contributed by atoms with Gasteiger partial charge in [0.25, 0.3) is 0 Å². The molecule has 0 rings (SSSR count). The Kier molecular flexibility index (Phi) is 15.6. The minimum absolute atomic E-state index is 0.0425. The van der Waals surface area contributed by atoms with E-state index in [1.807, 2.05) is 0 Å². The predicted octanol–water partition coefficient (Wildman–Crippen LogP) is 2.26. The second kappa shape index (κ2) is 16.0. The molecule has 0 aromatic carbocycles. The van der Waals surface area contributed by atoms with Crippen LogP contribution >= 0.6 is 50.5 Å². The highest BCUT2D eigenvalue weighted by molar-refractivity contribution is 7.80. The van der Waals surface area contributed by atoms with Gasteiger partial charge in [0, 0.05) is 23.0 Å². The van der Waals surface area contributed by atoms with Crippen LogP contribution < -0.4 is 0 Å². The zero-order valence-electron chi connectivity index (χ0n) is 16.2. The average molecular weight is 489 g/mol. The first-order valence-corrected chi connectivity index (χ1v) is 11.6. The molecule has 0 radical (unpaired) electrons. The third kappa shape index (κ3) is 11.3. The van der Waals surface area contributed by atoms with E-state index in [-0.39, 0.29) is 55.1 Å². The monoisotopic (exact) mass is 488 g/mol. The van der Waals surface area contributed by atoms with Crippen LogP contribution in [0.4, 0.5) is 0 Å².